The van der Waals surface area contributed by atoms with E-state index in [4.69, 9.17) is 4.74 Å². The van der Waals surface area contributed by atoms with Gasteiger partial charge >= 0.3 is 6.01 Å². The van der Waals surface area contributed by atoms with Crippen LogP contribution in [-0.2, 0) is 0 Å². The largest absolute Gasteiger partial charge is 0.463 e. The second-order valence-electron chi connectivity index (χ2n) is 3.98. The molecule has 3 nitrogen and oxygen atoms in total. The van der Waals surface area contributed by atoms with E-state index in [0.29, 0.717) is 0 Å². The van der Waals surface area contributed by atoms with Crippen molar-refractivity contribution in [1.82, 2.24) is 9.97 Å². The molecule has 0 radical (unpaired) electrons. The van der Waals surface area contributed by atoms with E-state index in [9.17, 15) is 8.78 Å². The Labute approximate surface area is 114 Å². The van der Waals surface area contributed by atoms with Gasteiger partial charge in [-0.05, 0) is 12.5 Å². The number of ether oxygens (including phenoxy) is 1. The van der Waals surface area contributed by atoms with Crippen LogP contribution in [0.3, 0.4) is 0 Å². The van der Waals surface area contributed by atoms with Gasteiger partial charge in [0.15, 0.2) is 0 Å². The van der Waals surface area contributed by atoms with E-state index in [2.05, 4.69) is 9.97 Å². The van der Waals surface area contributed by atoms with E-state index in [1.54, 1.807) is 12.4 Å². The number of hydrogen-bond donors (Lipinski definition) is 0. The number of alkyl halides is 2. The van der Waals surface area contributed by atoms with Gasteiger partial charge < -0.3 is 4.74 Å². The molecule has 0 spiro atoms. The molecule has 0 N–H and O–H groups in total. The monoisotopic (exact) mass is 274 g/mol. The quantitative estimate of drug-likeness (QED) is 0.826. The predicted molar refractivity (Wildman–Crippen MR) is 72.6 cm³/mol. The van der Waals surface area contributed by atoms with Crippen molar-refractivity contribution in [2.75, 3.05) is 6.61 Å². The summed E-state index contributed by atoms with van der Waals surface area (Å²) in [6.45, 7) is 10.1. The average molecular weight is 274 g/mol. The molecule has 5 heteroatoms. The topological polar surface area (TPSA) is 35.0 Å². The second kappa shape index (κ2) is 8.77. The van der Waals surface area contributed by atoms with Gasteiger partial charge in [0.2, 0.25) is 5.92 Å². The lowest BCUT2D eigenvalue weighted by atomic mass is 9.82. The van der Waals surface area contributed by atoms with Crippen molar-refractivity contribution in [2.45, 2.75) is 53.4 Å². The van der Waals surface area contributed by atoms with Crippen LogP contribution in [0.2, 0.25) is 0 Å². The molecule has 110 valence electrons. The second-order valence-corrected chi connectivity index (χ2v) is 3.98. The maximum Gasteiger partial charge on any atom is 0.316 e. The Balaban J connectivity index is 0.000000741. The summed E-state index contributed by atoms with van der Waals surface area (Å²) in [4.78, 5) is 7.85. The zero-order valence-electron chi connectivity index (χ0n) is 12.4. The van der Waals surface area contributed by atoms with Crippen LogP contribution < -0.4 is 4.74 Å². The van der Waals surface area contributed by atoms with Gasteiger partial charge in [0.05, 0.1) is 6.61 Å². The fourth-order valence-electron chi connectivity index (χ4n) is 1.55. The standard InChI is InChI=1S/C10H12F2N2O.2C2H6/c1-7-4-13-9(14-5-7)15-6-8-2-10(11,12)3-8;2*1-2/h4-5,8H,2-3,6H2,1H3;2*1-2H3. The Morgan fingerprint density at radius 2 is 1.63 bits per heavy atom. The van der Waals surface area contributed by atoms with Crippen molar-refractivity contribution in [3.8, 4) is 6.01 Å². The van der Waals surface area contributed by atoms with Crippen LogP contribution in [0, 0.1) is 12.8 Å². The molecule has 0 saturated heterocycles. The number of hydrogen-bond acceptors (Lipinski definition) is 3. The molecule has 1 heterocycles. The van der Waals surface area contributed by atoms with Crippen molar-refractivity contribution < 1.29 is 13.5 Å². The van der Waals surface area contributed by atoms with Crippen molar-refractivity contribution >= 4 is 0 Å². The first-order valence-electron chi connectivity index (χ1n) is 6.84. The third-order valence-corrected chi connectivity index (χ3v) is 2.38. The maximum absolute atomic E-state index is 12.5. The normalized spacial score (nSPS) is 16.2. The summed E-state index contributed by atoms with van der Waals surface area (Å²) in [5.74, 6) is -2.55. The lowest BCUT2D eigenvalue weighted by Crippen LogP contribution is -2.38. The first kappa shape index (κ1) is 17.7. The van der Waals surface area contributed by atoms with E-state index in [1.807, 2.05) is 34.6 Å². The zero-order valence-corrected chi connectivity index (χ0v) is 12.4. The van der Waals surface area contributed by atoms with Gasteiger partial charge in [-0.3, -0.25) is 0 Å². The number of rotatable bonds is 3. The molecule has 2 rings (SSSR count). The molecule has 0 unspecified atom stereocenters. The molecule has 1 fully saturated rings. The first-order chi connectivity index (χ1) is 9.05. The van der Waals surface area contributed by atoms with Gasteiger partial charge in [-0.25, -0.2) is 18.7 Å². The van der Waals surface area contributed by atoms with E-state index < -0.39 is 5.92 Å². The summed E-state index contributed by atoms with van der Waals surface area (Å²) < 4.78 is 30.2. The van der Waals surface area contributed by atoms with Crippen LogP contribution in [0.5, 0.6) is 6.01 Å². The van der Waals surface area contributed by atoms with Gasteiger partial charge in [-0.2, -0.15) is 0 Å². The van der Waals surface area contributed by atoms with Crippen LogP contribution in [-0.4, -0.2) is 22.5 Å². The maximum atomic E-state index is 12.5. The third-order valence-electron chi connectivity index (χ3n) is 2.38. The van der Waals surface area contributed by atoms with E-state index in [0.717, 1.165) is 5.56 Å². The van der Waals surface area contributed by atoms with Gasteiger partial charge in [0, 0.05) is 31.2 Å². The van der Waals surface area contributed by atoms with Crippen molar-refractivity contribution in [2.24, 2.45) is 5.92 Å². The van der Waals surface area contributed by atoms with Gasteiger partial charge in [0.25, 0.3) is 0 Å². The van der Waals surface area contributed by atoms with Crippen LogP contribution in [0.1, 0.15) is 46.1 Å². The zero-order chi connectivity index (χ0) is 14.9. The van der Waals surface area contributed by atoms with Crippen LogP contribution in [0.25, 0.3) is 0 Å². The minimum atomic E-state index is -2.48. The van der Waals surface area contributed by atoms with Crippen LogP contribution in [0.4, 0.5) is 8.78 Å². The molecule has 0 aliphatic heterocycles. The molecule has 1 aliphatic carbocycles. The molecular weight excluding hydrogens is 250 g/mol. The minimum Gasteiger partial charge on any atom is -0.463 e. The van der Waals surface area contributed by atoms with Crippen LogP contribution in [0.15, 0.2) is 12.4 Å². The Bertz CT molecular complexity index is 334. The minimum absolute atomic E-state index is 0.0649. The van der Waals surface area contributed by atoms with Gasteiger partial charge in [-0.1, -0.05) is 27.7 Å². The Kier molecular flexibility index (Phi) is 8.19. The lowest BCUT2D eigenvalue weighted by Gasteiger charge is -2.34. The fraction of sp³-hybridized carbons (Fsp3) is 0.714. The number of nitrogens with zero attached hydrogens (tertiary/aromatic N) is 2. The number of aromatic nitrogens is 2. The molecule has 1 aliphatic rings. The molecule has 0 bridgehead atoms. The van der Waals surface area contributed by atoms with Crippen molar-refractivity contribution in [3.63, 3.8) is 0 Å². The molecule has 1 aromatic rings. The summed E-state index contributed by atoms with van der Waals surface area (Å²) in [6.07, 6.45) is 3.10. The molecular formula is C14H24F2N2O. The smallest absolute Gasteiger partial charge is 0.316 e. The highest BCUT2D eigenvalue weighted by atomic mass is 19.3. The number of halogens is 2. The van der Waals surface area contributed by atoms with Crippen molar-refractivity contribution in [3.05, 3.63) is 18.0 Å². The molecule has 0 amide bonds. The highest BCUT2D eigenvalue weighted by molar-refractivity contribution is 5.04. The summed E-state index contributed by atoms with van der Waals surface area (Å²) in [7, 11) is 0. The van der Waals surface area contributed by atoms with Gasteiger partial charge in [-0.15, -0.1) is 0 Å². The Morgan fingerprint density at radius 1 is 1.16 bits per heavy atom. The predicted octanol–water partition coefficient (Wildman–Crippen LogP) is 4.26. The van der Waals surface area contributed by atoms with Crippen LogP contribution >= 0.6 is 0 Å². The molecule has 0 aromatic carbocycles. The Hall–Kier alpha value is -1.26. The van der Waals surface area contributed by atoms with E-state index >= 15 is 0 Å². The fourth-order valence-corrected chi connectivity index (χ4v) is 1.55. The first-order valence-corrected chi connectivity index (χ1v) is 6.84. The molecule has 1 aromatic heterocycles. The summed E-state index contributed by atoms with van der Waals surface area (Å²) >= 11 is 0. The third kappa shape index (κ3) is 6.45. The highest BCUT2D eigenvalue weighted by Crippen LogP contribution is 2.42. The highest BCUT2D eigenvalue weighted by Gasteiger charge is 2.45. The van der Waals surface area contributed by atoms with Crippen molar-refractivity contribution in [1.29, 1.82) is 0 Å². The number of aryl methyl sites for hydroxylation is 1. The average Bonchev–Trinajstić information content (AvgIpc) is 2.40. The van der Waals surface area contributed by atoms with E-state index in [1.165, 1.54) is 0 Å². The lowest BCUT2D eigenvalue weighted by molar-refractivity contribution is -0.119. The molecule has 0 atom stereocenters. The van der Waals surface area contributed by atoms with Gasteiger partial charge in [0.1, 0.15) is 0 Å². The summed E-state index contributed by atoms with van der Waals surface area (Å²) in [5.41, 5.74) is 0.942. The summed E-state index contributed by atoms with van der Waals surface area (Å²) in [5, 5.41) is 0. The SMILES string of the molecule is CC.CC.Cc1cnc(OCC2CC(F)(F)C2)nc1. The van der Waals surface area contributed by atoms with E-state index in [-0.39, 0.29) is 31.4 Å². The summed E-state index contributed by atoms with van der Waals surface area (Å²) in [6, 6.07) is 0.260. The Morgan fingerprint density at radius 3 is 2.05 bits per heavy atom. The molecule has 19 heavy (non-hydrogen) atoms. The molecule has 1 saturated carbocycles.